The molecule has 2 aliphatic rings. The number of likely N-dealkylation sites (N-methyl/N-ethyl adjacent to an activating group) is 1. The van der Waals surface area contributed by atoms with Crippen molar-refractivity contribution in [1.29, 1.82) is 0 Å². The number of hydrogen-bond donors (Lipinski definition) is 1. The van der Waals surface area contributed by atoms with Crippen molar-refractivity contribution in [3.05, 3.63) is 0 Å². The van der Waals surface area contributed by atoms with Crippen LogP contribution >= 0.6 is 0 Å². The van der Waals surface area contributed by atoms with Gasteiger partial charge in [0.2, 0.25) is 0 Å². The highest BCUT2D eigenvalue weighted by molar-refractivity contribution is 4.94. The van der Waals surface area contributed by atoms with Crippen LogP contribution in [0, 0.1) is 11.8 Å². The van der Waals surface area contributed by atoms with Crippen molar-refractivity contribution in [2.75, 3.05) is 20.1 Å². The lowest BCUT2D eigenvalue weighted by molar-refractivity contribution is 0.171. The lowest BCUT2D eigenvalue weighted by Crippen LogP contribution is -2.48. The van der Waals surface area contributed by atoms with Gasteiger partial charge in [-0.15, -0.1) is 0 Å². The Kier molecular flexibility index (Phi) is 4.87. The third-order valence-corrected chi connectivity index (χ3v) is 5.08. The van der Waals surface area contributed by atoms with E-state index in [2.05, 4.69) is 31.1 Å². The minimum absolute atomic E-state index is 0.698. The highest BCUT2D eigenvalue weighted by Gasteiger charge is 2.39. The molecule has 1 aliphatic heterocycles. The maximum absolute atomic E-state index is 3.55. The normalized spacial score (nSPS) is 32.6. The Bertz CT molecular complexity index is 217. The van der Waals surface area contributed by atoms with Crippen LogP contribution in [0.5, 0.6) is 0 Å². The van der Waals surface area contributed by atoms with Gasteiger partial charge < -0.3 is 5.32 Å². The van der Waals surface area contributed by atoms with Crippen molar-refractivity contribution in [2.45, 2.75) is 64.5 Å². The molecule has 2 nitrogen and oxygen atoms in total. The zero-order chi connectivity index (χ0) is 12.3. The summed E-state index contributed by atoms with van der Waals surface area (Å²) in [5, 5.41) is 3.55. The van der Waals surface area contributed by atoms with Gasteiger partial charge in [-0.25, -0.2) is 0 Å². The van der Waals surface area contributed by atoms with Crippen molar-refractivity contribution < 1.29 is 0 Å². The first kappa shape index (κ1) is 13.4. The second-order valence-corrected chi connectivity index (χ2v) is 6.06. The van der Waals surface area contributed by atoms with Crippen molar-refractivity contribution in [3.8, 4) is 0 Å². The molecule has 4 unspecified atom stereocenters. The van der Waals surface area contributed by atoms with Gasteiger partial charge in [-0.1, -0.05) is 26.7 Å². The molecule has 2 heteroatoms. The van der Waals surface area contributed by atoms with E-state index in [0.717, 1.165) is 17.9 Å². The van der Waals surface area contributed by atoms with Crippen LogP contribution in [-0.2, 0) is 0 Å². The number of likely N-dealkylation sites (tertiary alicyclic amines) is 1. The molecule has 0 bridgehead atoms. The summed E-state index contributed by atoms with van der Waals surface area (Å²) in [5.41, 5.74) is 0. The van der Waals surface area contributed by atoms with E-state index in [1.165, 1.54) is 51.6 Å². The van der Waals surface area contributed by atoms with Gasteiger partial charge >= 0.3 is 0 Å². The summed E-state index contributed by atoms with van der Waals surface area (Å²) in [6, 6.07) is 1.47. The molecule has 1 saturated heterocycles. The molecule has 2 fully saturated rings. The van der Waals surface area contributed by atoms with Crippen LogP contribution in [-0.4, -0.2) is 37.1 Å². The van der Waals surface area contributed by atoms with E-state index < -0.39 is 0 Å². The molecule has 0 aromatic rings. The van der Waals surface area contributed by atoms with Gasteiger partial charge in [0.1, 0.15) is 0 Å². The molecule has 17 heavy (non-hydrogen) atoms. The maximum Gasteiger partial charge on any atom is 0.0246 e. The number of fused-ring (bicyclic) bond motifs is 1. The standard InChI is InChI=1S/C15H30N2/c1-4-7-14(16-3)15(5-2)17-10-12-8-6-9-13(12)11-17/h12-16H,4-11H2,1-3H3. The van der Waals surface area contributed by atoms with E-state index in [4.69, 9.17) is 0 Å². The Morgan fingerprint density at radius 2 is 1.82 bits per heavy atom. The van der Waals surface area contributed by atoms with Crippen molar-refractivity contribution in [1.82, 2.24) is 10.2 Å². The van der Waals surface area contributed by atoms with Gasteiger partial charge in [-0.2, -0.15) is 0 Å². The summed E-state index contributed by atoms with van der Waals surface area (Å²) in [6.07, 6.45) is 8.39. The second kappa shape index (κ2) is 6.19. The predicted octanol–water partition coefficient (Wildman–Crippen LogP) is 2.89. The molecule has 100 valence electrons. The van der Waals surface area contributed by atoms with Crippen LogP contribution in [0.3, 0.4) is 0 Å². The Hall–Kier alpha value is -0.0800. The fourth-order valence-corrected chi connectivity index (χ4v) is 4.18. The lowest BCUT2D eigenvalue weighted by atomic mass is 9.99. The Balaban J connectivity index is 1.94. The SMILES string of the molecule is CCCC(NC)C(CC)N1CC2CCCC2C1. The monoisotopic (exact) mass is 238 g/mol. The van der Waals surface area contributed by atoms with Crippen molar-refractivity contribution >= 4 is 0 Å². The molecule has 1 N–H and O–H groups in total. The lowest BCUT2D eigenvalue weighted by Gasteiger charge is -2.34. The van der Waals surface area contributed by atoms with E-state index in [0.29, 0.717) is 6.04 Å². The fourth-order valence-electron chi connectivity index (χ4n) is 4.18. The molecular formula is C15H30N2. The number of rotatable bonds is 6. The zero-order valence-corrected chi connectivity index (χ0v) is 11.9. The van der Waals surface area contributed by atoms with E-state index in [-0.39, 0.29) is 0 Å². The number of nitrogens with zero attached hydrogens (tertiary/aromatic N) is 1. The van der Waals surface area contributed by atoms with Gasteiger partial charge in [-0.3, -0.25) is 4.90 Å². The van der Waals surface area contributed by atoms with Crippen LogP contribution in [0.4, 0.5) is 0 Å². The quantitative estimate of drug-likeness (QED) is 0.765. The first-order valence-electron chi connectivity index (χ1n) is 7.71. The smallest absolute Gasteiger partial charge is 0.0246 e. The first-order chi connectivity index (χ1) is 8.30. The highest BCUT2D eigenvalue weighted by atomic mass is 15.2. The largest absolute Gasteiger partial charge is 0.315 e. The van der Waals surface area contributed by atoms with Crippen LogP contribution < -0.4 is 5.32 Å². The molecule has 0 amide bonds. The summed E-state index contributed by atoms with van der Waals surface area (Å²) < 4.78 is 0. The first-order valence-corrected chi connectivity index (χ1v) is 7.71. The molecule has 0 aromatic carbocycles. The van der Waals surface area contributed by atoms with Crippen LogP contribution in [0.15, 0.2) is 0 Å². The number of hydrogen-bond acceptors (Lipinski definition) is 2. The average molecular weight is 238 g/mol. The third-order valence-electron chi connectivity index (χ3n) is 5.08. The molecule has 1 heterocycles. The zero-order valence-electron chi connectivity index (χ0n) is 11.9. The van der Waals surface area contributed by atoms with Gasteiger partial charge in [-0.05, 0) is 44.6 Å². The molecule has 0 spiro atoms. The van der Waals surface area contributed by atoms with E-state index in [9.17, 15) is 0 Å². The van der Waals surface area contributed by atoms with Gasteiger partial charge in [0.05, 0.1) is 0 Å². The molecule has 1 saturated carbocycles. The Morgan fingerprint density at radius 3 is 2.29 bits per heavy atom. The molecule has 4 atom stereocenters. The van der Waals surface area contributed by atoms with Crippen molar-refractivity contribution in [3.63, 3.8) is 0 Å². The minimum Gasteiger partial charge on any atom is -0.315 e. The van der Waals surface area contributed by atoms with Crippen LogP contribution in [0.25, 0.3) is 0 Å². The molecule has 0 aromatic heterocycles. The summed E-state index contributed by atoms with van der Waals surface area (Å²) in [6.45, 7) is 7.42. The minimum atomic E-state index is 0.698. The summed E-state index contributed by atoms with van der Waals surface area (Å²) in [7, 11) is 2.14. The van der Waals surface area contributed by atoms with E-state index in [1.54, 1.807) is 0 Å². The predicted molar refractivity (Wildman–Crippen MR) is 74.2 cm³/mol. The Morgan fingerprint density at radius 1 is 1.18 bits per heavy atom. The molecular weight excluding hydrogens is 208 g/mol. The second-order valence-electron chi connectivity index (χ2n) is 6.06. The van der Waals surface area contributed by atoms with E-state index >= 15 is 0 Å². The van der Waals surface area contributed by atoms with Gasteiger partial charge in [0, 0.05) is 25.2 Å². The van der Waals surface area contributed by atoms with E-state index in [1.807, 2.05) is 0 Å². The van der Waals surface area contributed by atoms with Gasteiger partial charge in [0.25, 0.3) is 0 Å². The molecule has 0 radical (unpaired) electrons. The average Bonchev–Trinajstić information content (AvgIpc) is 2.89. The topological polar surface area (TPSA) is 15.3 Å². The molecule has 1 aliphatic carbocycles. The summed E-state index contributed by atoms with van der Waals surface area (Å²) in [4.78, 5) is 2.80. The van der Waals surface area contributed by atoms with Crippen molar-refractivity contribution in [2.24, 2.45) is 11.8 Å². The summed E-state index contributed by atoms with van der Waals surface area (Å²) >= 11 is 0. The Labute approximate surface area is 107 Å². The molecule has 2 rings (SSSR count). The summed E-state index contributed by atoms with van der Waals surface area (Å²) in [5.74, 6) is 2.06. The maximum atomic E-state index is 3.55. The van der Waals surface area contributed by atoms with Crippen LogP contribution in [0.2, 0.25) is 0 Å². The third kappa shape index (κ3) is 2.85. The fraction of sp³-hybridized carbons (Fsp3) is 1.00. The van der Waals surface area contributed by atoms with Gasteiger partial charge in [0.15, 0.2) is 0 Å². The van der Waals surface area contributed by atoms with Crippen LogP contribution in [0.1, 0.15) is 52.4 Å². The number of nitrogens with one attached hydrogen (secondary N) is 1. The highest BCUT2D eigenvalue weighted by Crippen LogP contribution is 2.39.